The molecule has 6 heteroatoms. The zero-order valence-corrected chi connectivity index (χ0v) is 9.13. The van der Waals surface area contributed by atoms with Gasteiger partial charge in [-0.3, -0.25) is 4.79 Å². The predicted octanol–water partition coefficient (Wildman–Crippen LogP) is 2.38. The second-order valence-corrected chi connectivity index (χ2v) is 3.72. The second kappa shape index (κ2) is 5.72. The first kappa shape index (κ1) is 12.0. The normalized spacial score (nSPS) is 10.1. The summed E-state index contributed by atoms with van der Waals surface area (Å²) < 4.78 is 4.29. The summed E-state index contributed by atoms with van der Waals surface area (Å²) in [7, 11) is 0. The lowest BCUT2D eigenvalue weighted by molar-refractivity contribution is -0.432. The minimum absolute atomic E-state index is 0.143. The zero-order chi connectivity index (χ0) is 11.3. The van der Waals surface area contributed by atoms with Crippen molar-refractivity contribution in [3.63, 3.8) is 0 Å². The quantitative estimate of drug-likeness (QED) is 0.471. The Hall–Kier alpha value is -1.08. The van der Waals surface area contributed by atoms with Gasteiger partial charge in [0, 0.05) is 17.5 Å². The fourth-order valence-corrected chi connectivity index (χ4v) is 1.64. The Morgan fingerprint density at radius 2 is 2.20 bits per heavy atom. The molecule has 0 radical (unpaired) electrons. The van der Waals surface area contributed by atoms with Crippen molar-refractivity contribution in [2.45, 2.75) is 18.7 Å². The molecule has 0 atom stereocenters. The van der Waals surface area contributed by atoms with Crippen LogP contribution in [-0.2, 0) is 14.2 Å². The highest BCUT2D eigenvalue weighted by Gasteiger charge is 2.02. The number of anilines is 1. The Bertz CT molecular complexity index is 356. The monoisotopic (exact) mass is 229 g/mol. The molecule has 0 unspecified atom stereocenters. The number of hydrogen-bond acceptors (Lipinski definition) is 5. The lowest BCUT2D eigenvalue weighted by Crippen LogP contribution is -2.05. The van der Waals surface area contributed by atoms with Gasteiger partial charge in [0.15, 0.2) is 0 Å². The summed E-state index contributed by atoms with van der Waals surface area (Å²) in [5.74, 6) is -0.143. The van der Waals surface area contributed by atoms with Crippen LogP contribution in [0.4, 0.5) is 5.69 Å². The van der Waals surface area contributed by atoms with E-state index in [1.54, 1.807) is 6.07 Å². The van der Waals surface area contributed by atoms with E-state index < -0.39 is 0 Å². The number of hydrogen-bond donors (Lipinski definition) is 2. The fourth-order valence-electron chi connectivity index (χ4n) is 1.13. The van der Waals surface area contributed by atoms with Crippen molar-refractivity contribution < 1.29 is 19.4 Å². The molecule has 0 aromatic heterocycles. The first-order valence-corrected chi connectivity index (χ1v) is 4.90. The van der Waals surface area contributed by atoms with Crippen molar-refractivity contribution >= 4 is 23.6 Å². The van der Waals surface area contributed by atoms with Gasteiger partial charge < -0.3 is 5.32 Å². The van der Waals surface area contributed by atoms with E-state index in [9.17, 15) is 4.79 Å². The standard InChI is InChI=1S/C9H11NO4S/c1-6-3-8(10-7(2)11)5-9(4-6)15-14-13-12/h3-5,12H,1-2H3,(H,10,11). The number of rotatable bonds is 4. The average molecular weight is 229 g/mol. The average Bonchev–Trinajstić information content (AvgIpc) is 2.12. The molecule has 0 bridgehead atoms. The van der Waals surface area contributed by atoms with Gasteiger partial charge in [-0.25, -0.2) is 5.26 Å². The molecule has 1 aromatic rings. The van der Waals surface area contributed by atoms with Crippen LogP contribution >= 0.6 is 12.0 Å². The van der Waals surface area contributed by atoms with Crippen molar-refractivity contribution in [2.75, 3.05) is 5.32 Å². The van der Waals surface area contributed by atoms with Gasteiger partial charge in [-0.2, -0.15) is 0 Å². The maximum Gasteiger partial charge on any atom is 0.221 e. The largest absolute Gasteiger partial charge is 0.326 e. The lowest BCUT2D eigenvalue weighted by atomic mass is 10.2. The van der Waals surface area contributed by atoms with E-state index in [0.717, 1.165) is 17.6 Å². The highest BCUT2D eigenvalue weighted by molar-refractivity contribution is 7.94. The number of benzene rings is 1. The van der Waals surface area contributed by atoms with E-state index in [2.05, 4.69) is 14.7 Å². The van der Waals surface area contributed by atoms with Gasteiger partial charge >= 0.3 is 0 Å². The number of amides is 1. The summed E-state index contributed by atoms with van der Waals surface area (Å²) in [6.07, 6.45) is 0. The van der Waals surface area contributed by atoms with Crippen LogP contribution in [0.5, 0.6) is 0 Å². The Kier molecular flexibility index (Phi) is 4.57. The molecule has 2 N–H and O–H groups in total. The third-order valence-corrected chi connectivity index (χ3v) is 2.09. The number of aryl methyl sites for hydroxylation is 1. The fraction of sp³-hybridized carbons (Fsp3) is 0.222. The molecule has 1 aromatic carbocycles. The second-order valence-electron chi connectivity index (χ2n) is 2.94. The van der Waals surface area contributed by atoms with Crippen LogP contribution in [-0.4, -0.2) is 11.2 Å². The summed E-state index contributed by atoms with van der Waals surface area (Å²) in [5, 5.41) is 14.1. The van der Waals surface area contributed by atoms with Crippen molar-refractivity contribution in [1.82, 2.24) is 0 Å². The van der Waals surface area contributed by atoms with E-state index in [4.69, 9.17) is 5.26 Å². The summed E-state index contributed by atoms with van der Waals surface area (Å²) in [6.45, 7) is 3.32. The van der Waals surface area contributed by atoms with Crippen LogP contribution in [0.25, 0.3) is 0 Å². The Balaban J connectivity index is 2.79. The minimum atomic E-state index is -0.143. The number of carbonyl (C=O) groups is 1. The Morgan fingerprint density at radius 3 is 2.80 bits per heavy atom. The van der Waals surface area contributed by atoms with Gasteiger partial charge in [-0.05, 0) is 30.7 Å². The van der Waals surface area contributed by atoms with Crippen LogP contribution in [0.15, 0.2) is 23.1 Å². The van der Waals surface area contributed by atoms with Crippen molar-refractivity contribution in [1.29, 1.82) is 0 Å². The van der Waals surface area contributed by atoms with E-state index in [-0.39, 0.29) is 5.91 Å². The van der Waals surface area contributed by atoms with Gasteiger partial charge in [0.05, 0.1) is 12.0 Å². The van der Waals surface area contributed by atoms with E-state index in [1.807, 2.05) is 19.1 Å². The van der Waals surface area contributed by atoms with E-state index >= 15 is 0 Å². The molecule has 15 heavy (non-hydrogen) atoms. The van der Waals surface area contributed by atoms with Crippen LogP contribution in [0.3, 0.4) is 0 Å². The molecular weight excluding hydrogens is 218 g/mol. The molecule has 0 spiro atoms. The van der Waals surface area contributed by atoms with Crippen molar-refractivity contribution in [3.05, 3.63) is 23.8 Å². The molecule has 1 amide bonds. The molecule has 0 aliphatic rings. The van der Waals surface area contributed by atoms with Gasteiger partial charge in [0.2, 0.25) is 5.91 Å². The zero-order valence-electron chi connectivity index (χ0n) is 8.31. The lowest BCUT2D eigenvalue weighted by Gasteiger charge is -2.05. The van der Waals surface area contributed by atoms with Crippen LogP contribution in [0.2, 0.25) is 0 Å². The van der Waals surface area contributed by atoms with Crippen LogP contribution < -0.4 is 5.32 Å². The van der Waals surface area contributed by atoms with Crippen molar-refractivity contribution in [3.8, 4) is 0 Å². The summed E-state index contributed by atoms with van der Waals surface area (Å²) >= 11 is 0.852. The van der Waals surface area contributed by atoms with E-state index in [0.29, 0.717) is 10.6 Å². The smallest absolute Gasteiger partial charge is 0.221 e. The van der Waals surface area contributed by atoms with Gasteiger partial charge in [0.1, 0.15) is 0 Å². The molecule has 5 nitrogen and oxygen atoms in total. The van der Waals surface area contributed by atoms with Gasteiger partial charge in [-0.15, -0.1) is 4.33 Å². The topological polar surface area (TPSA) is 67.8 Å². The molecular formula is C9H11NO4S. The molecule has 1 rings (SSSR count). The van der Waals surface area contributed by atoms with Crippen molar-refractivity contribution in [2.24, 2.45) is 0 Å². The Morgan fingerprint density at radius 1 is 1.47 bits per heavy atom. The molecule has 0 fully saturated rings. The van der Waals surface area contributed by atoms with Crippen LogP contribution in [0.1, 0.15) is 12.5 Å². The molecule has 0 saturated heterocycles. The first-order chi connectivity index (χ1) is 7.11. The number of nitrogens with one attached hydrogen (secondary N) is 1. The third kappa shape index (κ3) is 4.30. The van der Waals surface area contributed by atoms with Gasteiger partial charge in [0.25, 0.3) is 0 Å². The molecule has 0 aliphatic heterocycles. The molecule has 82 valence electrons. The summed E-state index contributed by atoms with van der Waals surface area (Å²) in [5.41, 5.74) is 1.64. The molecule has 0 heterocycles. The molecule has 0 saturated carbocycles. The summed E-state index contributed by atoms with van der Waals surface area (Å²) in [6, 6.07) is 5.36. The minimum Gasteiger partial charge on any atom is -0.326 e. The maximum absolute atomic E-state index is 10.8. The number of carbonyl (C=O) groups excluding carboxylic acids is 1. The Labute approximate surface area is 91.4 Å². The first-order valence-electron chi connectivity index (χ1n) is 4.16. The third-order valence-electron chi connectivity index (χ3n) is 1.53. The van der Waals surface area contributed by atoms with Crippen LogP contribution in [0, 0.1) is 6.92 Å². The SMILES string of the molecule is CC(=O)Nc1cc(C)cc(SOOO)c1. The molecule has 0 aliphatic carbocycles. The highest BCUT2D eigenvalue weighted by atomic mass is 32.2. The predicted molar refractivity (Wildman–Crippen MR) is 56.1 cm³/mol. The van der Waals surface area contributed by atoms with E-state index in [1.165, 1.54) is 6.92 Å². The highest BCUT2D eigenvalue weighted by Crippen LogP contribution is 2.24. The maximum atomic E-state index is 10.8. The summed E-state index contributed by atoms with van der Waals surface area (Å²) in [4.78, 5) is 11.6. The van der Waals surface area contributed by atoms with Gasteiger partial charge in [-0.1, -0.05) is 5.04 Å².